The highest BCUT2D eigenvalue weighted by Crippen LogP contribution is 2.18. The first-order valence-corrected chi connectivity index (χ1v) is 9.01. The lowest BCUT2D eigenvalue weighted by Crippen LogP contribution is -2.43. The molecular weight excluding hydrogens is 347 g/mol. The van der Waals surface area contributed by atoms with Crippen LogP contribution in [0.2, 0.25) is 0 Å². The summed E-state index contributed by atoms with van der Waals surface area (Å²) in [6.45, 7) is 1.82. The number of piperidine rings is 1. The summed E-state index contributed by atoms with van der Waals surface area (Å²) in [7, 11) is 0. The van der Waals surface area contributed by atoms with Crippen LogP contribution in [0.15, 0.2) is 54.6 Å². The number of carbonyl (C=O) groups excluding carboxylic acids is 2. The highest BCUT2D eigenvalue weighted by Gasteiger charge is 2.23. The molecule has 1 aliphatic rings. The van der Waals surface area contributed by atoms with E-state index in [0.717, 1.165) is 18.5 Å². The zero-order chi connectivity index (χ0) is 19.1. The van der Waals surface area contributed by atoms with Crippen LogP contribution >= 0.6 is 0 Å². The number of carbonyl (C=O) groups is 2. The fraction of sp³-hybridized carbons (Fsp3) is 0.300. The number of hydrogen-bond donors (Lipinski definition) is 3. The zero-order valence-electron chi connectivity index (χ0n) is 15.0. The number of anilines is 2. The van der Waals surface area contributed by atoms with Crippen LogP contribution in [0.5, 0.6) is 0 Å². The van der Waals surface area contributed by atoms with Crippen LogP contribution in [-0.2, 0) is 0 Å². The lowest BCUT2D eigenvalue weighted by atomic mass is 9.97. The van der Waals surface area contributed by atoms with E-state index in [1.807, 2.05) is 30.3 Å². The number of benzene rings is 2. The van der Waals surface area contributed by atoms with E-state index in [0.29, 0.717) is 31.2 Å². The maximum atomic E-state index is 12.9. The van der Waals surface area contributed by atoms with Gasteiger partial charge < -0.3 is 20.9 Å². The number of likely N-dealkylation sites (tertiary alicyclic amines) is 1. The molecular formula is C20H23FN4O2. The number of para-hydroxylation sites is 1. The third kappa shape index (κ3) is 5.70. The molecule has 0 spiro atoms. The Labute approximate surface area is 157 Å². The number of amides is 4. The number of nitrogens with one attached hydrogen (secondary N) is 3. The van der Waals surface area contributed by atoms with Gasteiger partial charge in [-0.3, -0.25) is 0 Å². The lowest BCUT2D eigenvalue weighted by molar-refractivity contribution is 0.181. The normalized spacial score (nSPS) is 14.5. The summed E-state index contributed by atoms with van der Waals surface area (Å²) in [5.41, 5.74) is 1.32. The molecule has 0 bridgehead atoms. The highest BCUT2D eigenvalue weighted by molar-refractivity contribution is 5.89. The predicted octanol–water partition coefficient (Wildman–Crippen LogP) is 3.89. The number of nitrogens with zero attached hydrogens (tertiary/aromatic N) is 1. The molecule has 0 unspecified atom stereocenters. The number of hydrogen-bond acceptors (Lipinski definition) is 2. The van der Waals surface area contributed by atoms with Gasteiger partial charge in [-0.15, -0.1) is 0 Å². The quantitative estimate of drug-likeness (QED) is 0.764. The Bertz CT molecular complexity index is 759. The Morgan fingerprint density at radius 1 is 0.926 bits per heavy atom. The third-order valence-electron chi connectivity index (χ3n) is 4.58. The number of urea groups is 2. The van der Waals surface area contributed by atoms with Crippen LogP contribution in [0.25, 0.3) is 0 Å². The van der Waals surface area contributed by atoms with E-state index in [1.165, 1.54) is 24.3 Å². The maximum Gasteiger partial charge on any atom is 0.321 e. The summed E-state index contributed by atoms with van der Waals surface area (Å²) in [4.78, 5) is 25.9. The van der Waals surface area contributed by atoms with Crippen molar-refractivity contribution in [1.82, 2.24) is 10.2 Å². The van der Waals surface area contributed by atoms with E-state index in [1.54, 1.807) is 4.90 Å². The first-order valence-electron chi connectivity index (χ1n) is 9.01. The molecule has 0 atom stereocenters. The Morgan fingerprint density at radius 3 is 2.22 bits per heavy atom. The summed E-state index contributed by atoms with van der Waals surface area (Å²) in [5, 5.41) is 8.45. The number of halogens is 1. The second-order valence-corrected chi connectivity index (χ2v) is 6.57. The van der Waals surface area contributed by atoms with Crippen molar-refractivity contribution in [1.29, 1.82) is 0 Å². The minimum atomic E-state index is -0.336. The third-order valence-corrected chi connectivity index (χ3v) is 4.58. The molecule has 0 aromatic heterocycles. The maximum absolute atomic E-state index is 12.9. The van der Waals surface area contributed by atoms with E-state index in [2.05, 4.69) is 16.0 Å². The molecule has 3 N–H and O–H groups in total. The molecule has 4 amide bonds. The van der Waals surface area contributed by atoms with Crippen LogP contribution in [0, 0.1) is 11.7 Å². The van der Waals surface area contributed by atoms with Crippen LogP contribution < -0.4 is 16.0 Å². The minimum absolute atomic E-state index is 0.185. The van der Waals surface area contributed by atoms with Gasteiger partial charge in [-0.05, 0) is 55.2 Å². The van der Waals surface area contributed by atoms with Crippen molar-refractivity contribution in [3.8, 4) is 0 Å². The first-order chi connectivity index (χ1) is 13.1. The van der Waals surface area contributed by atoms with E-state index < -0.39 is 0 Å². The Morgan fingerprint density at radius 2 is 1.56 bits per heavy atom. The summed E-state index contributed by atoms with van der Waals surface area (Å²) in [6.07, 6.45) is 1.64. The number of rotatable bonds is 4. The van der Waals surface area contributed by atoms with Gasteiger partial charge in [0.05, 0.1) is 0 Å². The molecule has 142 valence electrons. The highest BCUT2D eigenvalue weighted by atomic mass is 19.1. The standard InChI is InChI=1S/C20H23FN4O2/c21-16-6-8-18(9-7-16)24-20(27)25-12-10-15(11-13-25)14-22-19(26)23-17-4-2-1-3-5-17/h1-9,15H,10-14H2,(H,24,27)(H2,22,23,26). The van der Waals surface area contributed by atoms with Crippen LogP contribution in [-0.4, -0.2) is 36.6 Å². The summed E-state index contributed by atoms with van der Waals surface area (Å²) in [6, 6.07) is 14.6. The van der Waals surface area contributed by atoms with Gasteiger partial charge in [0.15, 0.2) is 0 Å². The first kappa shape index (κ1) is 18.7. The van der Waals surface area contributed by atoms with Crippen molar-refractivity contribution in [3.05, 3.63) is 60.4 Å². The molecule has 3 rings (SSSR count). The van der Waals surface area contributed by atoms with Crippen LogP contribution in [0.4, 0.5) is 25.4 Å². The fourth-order valence-corrected chi connectivity index (χ4v) is 3.01. The van der Waals surface area contributed by atoms with Crippen molar-refractivity contribution >= 4 is 23.4 Å². The van der Waals surface area contributed by atoms with Gasteiger partial charge in [0.1, 0.15) is 5.82 Å². The van der Waals surface area contributed by atoms with Gasteiger partial charge in [0.2, 0.25) is 0 Å². The predicted molar refractivity (Wildman–Crippen MR) is 103 cm³/mol. The molecule has 1 fully saturated rings. The van der Waals surface area contributed by atoms with Gasteiger partial charge in [0, 0.05) is 31.0 Å². The summed E-state index contributed by atoms with van der Waals surface area (Å²) < 4.78 is 12.9. The molecule has 0 aliphatic carbocycles. The van der Waals surface area contributed by atoms with Gasteiger partial charge in [-0.25, -0.2) is 14.0 Å². The monoisotopic (exact) mass is 370 g/mol. The molecule has 1 saturated heterocycles. The topological polar surface area (TPSA) is 73.5 Å². The van der Waals surface area contributed by atoms with Gasteiger partial charge in [-0.1, -0.05) is 18.2 Å². The van der Waals surface area contributed by atoms with Gasteiger partial charge >= 0.3 is 12.1 Å². The Hall–Kier alpha value is -3.09. The molecule has 2 aromatic carbocycles. The second kappa shape index (κ2) is 9.02. The average molecular weight is 370 g/mol. The molecule has 27 heavy (non-hydrogen) atoms. The SMILES string of the molecule is O=C(NCC1CCN(C(=O)Nc2ccc(F)cc2)CC1)Nc1ccccc1. The average Bonchev–Trinajstić information content (AvgIpc) is 2.69. The molecule has 0 saturated carbocycles. The largest absolute Gasteiger partial charge is 0.338 e. The fourth-order valence-electron chi connectivity index (χ4n) is 3.01. The Kier molecular flexibility index (Phi) is 6.25. The Balaban J connectivity index is 1.37. The van der Waals surface area contributed by atoms with Gasteiger partial charge in [-0.2, -0.15) is 0 Å². The van der Waals surface area contributed by atoms with E-state index in [4.69, 9.17) is 0 Å². The second-order valence-electron chi connectivity index (χ2n) is 6.57. The summed E-state index contributed by atoms with van der Waals surface area (Å²) >= 11 is 0. The molecule has 2 aromatic rings. The molecule has 0 radical (unpaired) electrons. The van der Waals surface area contributed by atoms with Crippen molar-refractivity contribution in [3.63, 3.8) is 0 Å². The van der Waals surface area contributed by atoms with Crippen molar-refractivity contribution < 1.29 is 14.0 Å². The zero-order valence-corrected chi connectivity index (χ0v) is 15.0. The smallest absolute Gasteiger partial charge is 0.321 e. The van der Waals surface area contributed by atoms with Crippen LogP contribution in [0.3, 0.4) is 0 Å². The van der Waals surface area contributed by atoms with E-state index >= 15 is 0 Å². The van der Waals surface area contributed by atoms with Crippen molar-refractivity contribution in [2.24, 2.45) is 5.92 Å². The molecule has 7 heteroatoms. The molecule has 1 aliphatic heterocycles. The lowest BCUT2D eigenvalue weighted by Gasteiger charge is -2.32. The van der Waals surface area contributed by atoms with Crippen LogP contribution in [0.1, 0.15) is 12.8 Å². The molecule has 1 heterocycles. The van der Waals surface area contributed by atoms with Crippen molar-refractivity contribution in [2.45, 2.75) is 12.8 Å². The minimum Gasteiger partial charge on any atom is -0.338 e. The van der Waals surface area contributed by atoms with E-state index in [-0.39, 0.29) is 17.9 Å². The summed E-state index contributed by atoms with van der Waals surface area (Å²) in [5.74, 6) is -0.000918. The molecule has 6 nitrogen and oxygen atoms in total. The van der Waals surface area contributed by atoms with E-state index in [9.17, 15) is 14.0 Å². The van der Waals surface area contributed by atoms with Crippen molar-refractivity contribution in [2.75, 3.05) is 30.3 Å². The van der Waals surface area contributed by atoms with Gasteiger partial charge in [0.25, 0.3) is 0 Å².